The molecule has 2 fully saturated rings. The lowest BCUT2D eigenvalue weighted by Crippen LogP contribution is -2.30. The third-order valence-electron chi connectivity index (χ3n) is 4.94. The van der Waals surface area contributed by atoms with Crippen molar-refractivity contribution in [3.63, 3.8) is 0 Å². The van der Waals surface area contributed by atoms with Gasteiger partial charge in [-0.25, -0.2) is 9.97 Å². The van der Waals surface area contributed by atoms with Crippen LogP contribution in [-0.4, -0.2) is 59.7 Å². The first kappa shape index (κ1) is 31.2. The fourth-order valence-corrected chi connectivity index (χ4v) is 4.26. The Morgan fingerprint density at radius 1 is 1.09 bits per heavy atom. The van der Waals surface area contributed by atoms with E-state index in [4.69, 9.17) is 24.6 Å². The van der Waals surface area contributed by atoms with Gasteiger partial charge in [0.15, 0.2) is 5.82 Å². The van der Waals surface area contributed by atoms with Gasteiger partial charge in [-0.05, 0) is 84.0 Å². The molecule has 0 amide bonds. The molecule has 198 valence electrons. The topological polar surface area (TPSA) is 76.7 Å². The molecule has 4 rings (SSSR count). The number of hydrogen-bond acceptors (Lipinski definition) is 8. The van der Waals surface area contributed by atoms with Crippen LogP contribution in [0.25, 0.3) is 11.4 Å². The maximum absolute atomic E-state index is 5.84. The zero-order chi connectivity index (χ0) is 26.6. The molecule has 2 unspecified atom stereocenters. The van der Waals surface area contributed by atoms with Crippen molar-refractivity contribution in [1.29, 1.82) is 0 Å². The fraction of sp³-hybridized carbons (Fsp3) is 0.630. The predicted octanol–water partition coefficient (Wildman–Crippen LogP) is 6.24. The van der Waals surface area contributed by atoms with Gasteiger partial charge in [0.1, 0.15) is 12.0 Å². The van der Waals surface area contributed by atoms with Gasteiger partial charge in [-0.2, -0.15) is 0 Å². The van der Waals surface area contributed by atoms with E-state index in [9.17, 15) is 0 Å². The minimum absolute atomic E-state index is 0.0133. The van der Waals surface area contributed by atoms with Crippen LogP contribution in [0.15, 0.2) is 30.3 Å². The van der Waals surface area contributed by atoms with Crippen LogP contribution in [0, 0.1) is 0 Å². The first-order valence-electron chi connectivity index (χ1n) is 12.7. The maximum atomic E-state index is 5.84. The van der Waals surface area contributed by atoms with Crippen molar-refractivity contribution in [1.82, 2.24) is 14.9 Å². The average Bonchev–Trinajstić information content (AvgIpc) is 3.42. The number of nitrogens with two attached hydrogens (primary N) is 1. The van der Waals surface area contributed by atoms with Gasteiger partial charge < -0.3 is 24.5 Å². The van der Waals surface area contributed by atoms with Crippen LogP contribution in [-0.2, 0) is 15.5 Å². The Morgan fingerprint density at radius 2 is 1.71 bits per heavy atom. The number of nitrogen functional groups attached to an aromatic ring is 1. The monoisotopic (exact) mass is 505 g/mol. The lowest BCUT2D eigenvalue weighted by Gasteiger charge is -2.22. The molecule has 1 aromatic heterocycles. The molecule has 2 N–H and O–H groups in total. The molecule has 2 aromatic rings. The second kappa shape index (κ2) is 15.3. The maximum Gasteiger partial charge on any atom is 0.161 e. The molecule has 2 atom stereocenters. The standard InChI is InChI=1S/C18H23N5O.C5H12OS.2C2H6/c1-22(2)10-14-9-16(23-15-7-8-17(23)24-11-15)21-18(20-14)12-3-5-13(19)6-4-12;1-5(2,3)6-7-4;2*1-2/h3-6,9,15,17H,7-8,10-11,19H2,1-2H3;1-4H3;2*1-2H3. The van der Waals surface area contributed by atoms with Crippen LogP contribution >= 0.6 is 12.0 Å². The van der Waals surface area contributed by atoms with E-state index < -0.39 is 0 Å². The zero-order valence-corrected chi connectivity index (χ0v) is 24.3. The summed E-state index contributed by atoms with van der Waals surface area (Å²) in [7, 11) is 4.10. The number of fused-ring (bicyclic) bond motifs is 2. The molecule has 0 saturated carbocycles. The molecule has 2 aliphatic rings. The molecule has 0 aliphatic carbocycles. The Morgan fingerprint density at radius 3 is 2.11 bits per heavy atom. The van der Waals surface area contributed by atoms with E-state index in [0.29, 0.717) is 6.04 Å². The first-order valence-corrected chi connectivity index (χ1v) is 13.8. The molecule has 8 heteroatoms. The second-order valence-electron chi connectivity index (χ2n) is 9.19. The largest absolute Gasteiger partial charge is 0.399 e. The number of hydrogen-bond donors (Lipinski definition) is 1. The van der Waals surface area contributed by atoms with Gasteiger partial charge in [-0.15, -0.1) is 0 Å². The lowest BCUT2D eigenvalue weighted by molar-refractivity contribution is 0.0858. The SMILES string of the molecule is CC.CC.CN(C)Cc1cc(N2C3CCC2OC3)nc(-c2ccc(N)cc2)n1.CSOC(C)(C)C. The average molecular weight is 506 g/mol. The van der Waals surface area contributed by atoms with Crippen molar-refractivity contribution in [2.45, 2.75) is 85.7 Å². The smallest absolute Gasteiger partial charge is 0.161 e. The van der Waals surface area contributed by atoms with E-state index in [1.165, 1.54) is 18.5 Å². The summed E-state index contributed by atoms with van der Waals surface area (Å²) in [5.41, 5.74) is 8.56. The number of benzene rings is 1. The van der Waals surface area contributed by atoms with Crippen LogP contribution < -0.4 is 10.6 Å². The summed E-state index contributed by atoms with van der Waals surface area (Å²) < 4.78 is 11.0. The summed E-state index contributed by atoms with van der Waals surface area (Å²) in [5.74, 6) is 1.72. The van der Waals surface area contributed by atoms with E-state index in [0.717, 1.165) is 48.2 Å². The summed E-state index contributed by atoms with van der Waals surface area (Å²) in [5, 5.41) is 0. The molecular weight excluding hydrogens is 458 g/mol. The Labute approximate surface area is 218 Å². The Hall–Kier alpha value is -1.87. The number of anilines is 2. The van der Waals surface area contributed by atoms with E-state index in [1.807, 2.05) is 93.1 Å². The summed E-state index contributed by atoms with van der Waals surface area (Å²) in [6.45, 7) is 15.7. The molecule has 2 aliphatic heterocycles. The van der Waals surface area contributed by atoms with Crippen molar-refractivity contribution in [2.75, 3.05) is 37.6 Å². The van der Waals surface area contributed by atoms with Gasteiger partial charge in [0.05, 0.1) is 23.9 Å². The van der Waals surface area contributed by atoms with Gasteiger partial charge in [0.2, 0.25) is 0 Å². The minimum Gasteiger partial charge on any atom is -0.399 e. The molecule has 0 spiro atoms. The molecular formula is C27H47N5O2S. The number of nitrogens with zero attached hydrogens (tertiary/aromatic N) is 4. The van der Waals surface area contributed by atoms with Crippen LogP contribution in [0.2, 0.25) is 0 Å². The highest BCUT2D eigenvalue weighted by atomic mass is 32.2. The Kier molecular flexibility index (Phi) is 13.6. The van der Waals surface area contributed by atoms with Crippen LogP contribution in [0.4, 0.5) is 11.5 Å². The summed E-state index contributed by atoms with van der Waals surface area (Å²) in [6.07, 6.45) is 4.34. The Balaban J connectivity index is 0.000000478. The second-order valence-corrected chi connectivity index (χ2v) is 9.69. The van der Waals surface area contributed by atoms with Crippen molar-refractivity contribution in [2.24, 2.45) is 0 Å². The summed E-state index contributed by atoms with van der Waals surface area (Å²) in [4.78, 5) is 14.0. The molecule has 7 nitrogen and oxygen atoms in total. The highest BCUT2D eigenvalue weighted by Crippen LogP contribution is 2.36. The van der Waals surface area contributed by atoms with Crippen LogP contribution in [0.3, 0.4) is 0 Å². The summed E-state index contributed by atoms with van der Waals surface area (Å²) >= 11 is 1.41. The lowest BCUT2D eigenvalue weighted by atomic mass is 10.2. The number of ether oxygens (including phenoxy) is 1. The van der Waals surface area contributed by atoms with Crippen LogP contribution in [0.5, 0.6) is 0 Å². The minimum atomic E-state index is 0.0133. The molecule has 2 saturated heterocycles. The third-order valence-corrected chi connectivity index (χ3v) is 5.61. The molecule has 1 aromatic carbocycles. The normalized spacial score (nSPS) is 18.2. The van der Waals surface area contributed by atoms with Gasteiger partial charge in [-0.3, -0.25) is 0 Å². The molecule has 35 heavy (non-hydrogen) atoms. The Bertz CT molecular complexity index is 836. The predicted molar refractivity (Wildman–Crippen MR) is 152 cm³/mol. The van der Waals surface area contributed by atoms with Gasteiger partial charge in [0, 0.05) is 30.1 Å². The summed E-state index contributed by atoms with van der Waals surface area (Å²) in [6, 6.07) is 10.3. The van der Waals surface area contributed by atoms with Crippen molar-refractivity contribution in [3.8, 4) is 11.4 Å². The fourth-order valence-electron chi connectivity index (χ4n) is 3.76. The molecule has 0 radical (unpaired) electrons. The van der Waals surface area contributed by atoms with E-state index in [1.54, 1.807) is 0 Å². The zero-order valence-electron chi connectivity index (χ0n) is 23.5. The first-order chi connectivity index (χ1) is 16.7. The van der Waals surface area contributed by atoms with Gasteiger partial charge >= 0.3 is 0 Å². The van der Waals surface area contributed by atoms with E-state index in [-0.39, 0.29) is 11.8 Å². The van der Waals surface area contributed by atoms with Crippen molar-refractivity contribution < 1.29 is 8.92 Å². The van der Waals surface area contributed by atoms with E-state index >= 15 is 0 Å². The number of rotatable bonds is 5. The van der Waals surface area contributed by atoms with E-state index in [2.05, 4.69) is 15.9 Å². The third kappa shape index (κ3) is 9.95. The van der Waals surface area contributed by atoms with Gasteiger partial charge in [0.25, 0.3) is 0 Å². The molecule has 2 bridgehead atoms. The highest BCUT2D eigenvalue weighted by Gasteiger charge is 2.41. The number of aromatic nitrogens is 2. The highest BCUT2D eigenvalue weighted by molar-refractivity contribution is 7.93. The van der Waals surface area contributed by atoms with Crippen LogP contribution in [0.1, 0.15) is 67.0 Å². The quantitative estimate of drug-likeness (QED) is 0.378. The van der Waals surface area contributed by atoms with Crippen molar-refractivity contribution >= 4 is 23.5 Å². The van der Waals surface area contributed by atoms with Crippen molar-refractivity contribution in [3.05, 3.63) is 36.0 Å². The molecule has 3 heterocycles. The van der Waals surface area contributed by atoms with Gasteiger partial charge in [-0.1, -0.05) is 27.7 Å².